The smallest absolute Gasteiger partial charge is 0.109 e. The summed E-state index contributed by atoms with van der Waals surface area (Å²) in [6.45, 7) is 6.28. The molecule has 0 radical (unpaired) electrons. The fourth-order valence-electron chi connectivity index (χ4n) is 2.56. The van der Waals surface area contributed by atoms with Gasteiger partial charge < -0.3 is 11.1 Å². The molecule has 1 fully saturated rings. The first kappa shape index (κ1) is 14.0. The van der Waals surface area contributed by atoms with Crippen molar-refractivity contribution in [3.05, 3.63) is 16.1 Å². The Morgan fingerprint density at radius 2 is 2.33 bits per heavy atom. The molecule has 3 nitrogen and oxygen atoms in total. The molecule has 1 aliphatic carbocycles. The lowest BCUT2D eigenvalue weighted by Crippen LogP contribution is -2.40. The highest BCUT2D eigenvalue weighted by Crippen LogP contribution is 2.42. The standard InChI is InChI=1S/C14H25N3S/c1-3-12-9-17-13(18-12)11(2)16-8-7-14(10-15)5-4-6-14/h9,11,16H,3-8,10,15H2,1-2H3. The number of nitrogens with zero attached hydrogens (tertiary/aromatic N) is 1. The van der Waals surface area contributed by atoms with Gasteiger partial charge in [-0.3, -0.25) is 0 Å². The normalized spacial score (nSPS) is 19.5. The number of aryl methyl sites for hydroxylation is 1. The molecule has 0 saturated heterocycles. The largest absolute Gasteiger partial charge is 0.330 e. The van der Waals surface area contributed by atoms with Gasteiger partial charge in [-0.25, -0.2) is 4.98 Å². The maximum atomic E-state index is 5.88. The number of nitrogens with two attached hydrogens (primary N) is 1. The van der Waals surface area contributed by atoms with Crippen LogP contribution >= 0.6 is 11.3 Å². The molecule has 1 heterocycles. The molecule has 1 unspecified atom stereocenters. The predicted octanol–water partition coefficient (Wildman–Crippen LogP) is 2.88. The first-order valence-electron chi connectivity index (χ1n) is 7.07. The van der Waals surface area contributed by atoms with Crippen LogP contribution in [-0.2, 0) is 6.42 Å². The third-order valence-corrected chi connectivity index (χ3v) is 5.57. The summed E-state index contributed by atoms with van der Waals surface area (Å²) in [7, 11) is 0. The second kappa shape index (κ2) is 6.13. The van der Waals surface area contributed by atoms with E-state index in [1.807, 2.05) is 17.5 Å². The van der Waals surface area contributed by atoms with Crippen molar-refractivity contribution >= 4 is 11.3 Å². The molecule has 0 spiro atoms. The molecule has 2 rings (SSSR count). The summed E-state index contributed by atoms with van der Waals surface area (Å²) in [4.78, 5) is 5.86. The summed E-state index contributed by atoms with van der Waals surface area (Å²) in [5, 5.41) is 4.80. The van der Waals surface area contributed by atoms with E-state index in [9.17, 15) is 0 Å². The number of rotatable bonds is 7. The minimum absolute atomic E-state index is 0.366. The van der Waals surface area contributed by atoms with Crippen molar-refractivity contribution in [3.63, 3.8) is 0 Å². The summed E-state index contributed by atoms with van der Waals surface area (Å²) in [6, 6.07) is 0.366. The average Bonchev–Trinajstić information content (AvgIpc) is 2.81. The second-order valence-electron chi connectivity index (χ2n) is 5.50. The molecule has 4 heteroatoms. The minimum Gasteiger partial charge on any atom is -0.330 e. The van der Waals surface area contributed by atoms with Crippen LogP contribution < -0.4 is 11.1 Å². The quantitative estimate of drug-likeness (QED) is 0.798. The fraction of sp³-hybridized carbons (Fsp3) is 0.786. The summed E-state index contributed by atoms with van der Waals surface area (Å²) in [6.07, 6.45) is 8.29. The van der Waals surface area contributed by atoms with E-state index in [-0.39, 0.29) is 0 Å². The maximum Gasteiger partial charge on any atom is 0.109 e. The van der Waals surface area contributed by atoms with Gasteiger partial charge in [0.25, 0.3) is 0 Å². The van der Waals surface area contributed by atoms with Gasteiger partial charge in [0.2, 0.25) is 0 Å². The highest BCUT2D eigenvalue weighted by molar-refractivity contribution is 7.11. The van der Waals surface area contributed by atoms with E-state index in [2.05, 4.69) is 24.1 Å². The van der Waals surface area contributed by atoms with Crippen molar-refractivity contribution in [2.75, 3.05) is 13.1 Å². The van der Waals surface area contributed by atoms with Gasteiger partial charge in [-0.2, -0.15) is 0 Å². The lowest BCUT2D eigenvalue weighted by molar-refractivity contribution is 0.129. The number of nitrogens with one attached hydrogen (secondary N) is 1. The number of hydrogen-bond donors (Lipinski definition) is 2. The van der Waals surface area contributed by atoms with Crippen molar-refractivity contribution in [3.8, 4) is 0 Å². The van der Waals surface area contributed by atoms with Crippen molar-refractivity contribution in [2.24, 2.45) is 11.1 Å². The molecule has 102 valence electrons. The summed E-state index contributed by atoms with van der Waals surface area (Å²) < 4.78 is 0. The fourth-order valence-corrected chi connectivity index (χ4v) is 3.44. The van der Waals surface area contributed by atoms with Crippen LogP contribution in [0.2, 0.25) is 0 Å². The Balaban J connectivity index is 1.76. The van der Waals surface area contributed by atoms with E-state index in [4.69, 9.17) is 5.73 Å². The molecule has 1 aromatic rings. The SMILES string of the molecule is CCc1cnc(C(C)NCCC2(CN)CCC2)s1. The Kier molecular flexibility index (Phi) is 4.76. The van der Waals surface area contributed by atoms with Gasteiger partial charge in [0.05, 0.1) is 6.04 Å². The molecule has 3 N–H and O–H groups in total. The van der Waals surface area contributed by atoms with Gasteiger partial charge in [0.15, 0.2) is 0 Å². The van der Waals surface area contributed by atoms with E-state index in [0.29, 0.717) is 11.5 Å². The Bertz CT molecular complexity index is 365. The molecule has 1 aromatic heterocycles. The maximum absolute atomic E-state index is 5.88. The molecule has 1 atom stereocenters. The van der Waals surface area contributed by atoms with Crippen LogP contribution in [0, 0.1) is 5.41 Å². The molecule has 1 aliphatic rings. The summed E-state index contributed by atoms with van der Waals surface area (Å²) in [5.74, 6) is 0. The monoisotopic (exact) mass is 267 g/mol. The Labute approximate surface area is 114 Å². The zero-order valence-electron chi connectivity index (χ0n) is 11.5. The van der Waals surface area contributed by atoms with Gasteiger partial charge in [-0.1, -0.05) is 13.3 Å². The molecule has 0 aliphatic heterocycles. The lowest BCUT2D eigenvalue weighted by Gasteiger charge is -2.41. The number of aromatic nitrogens is 1. The topological polar surface area (TPSA) is 50.9 Å². The zero-order valence-corrected chi connectivity index (χ0v) is 12.4. The van der Waals surface area contributed by atoms with Crippen molar-refractivity contribution in [1.29, 1.82) is 0 Å². The predicted molar refractivity (Wildman–Crippen MR) is 77.9 cm³/mol. The Morgan fingerprint density at radius 1 is 1.56 bits per heavy atom. The molecule has 0 amide bonds. The minimum atomic E-state index is 0.366. The van der Waals surface area contributed by atoms with Crippen molar-refractivity contribution < 1.29 is 0 Å². The number of thiazole rings is 1. The highest BCUT2D eigenvalue weighted by Gasteiger charge is 2.34. The van der Waals surface area contributed by atoms with E-state index in [0.717, 1.165) is 19.5 Å². The summed E-state index contributed by atoms with van der Waals surface area (Å²) >= 11 is 1.83. The van der Waals surface area contributed by atoms with Gasteiger partial charge in [-0.05, 0) is 51.1 Å². The molecular weight excluding hydrogens is 242 g/mol. The zero-order chi connectivity index (χ0) is 13.0. The van der Waals surface area contributed by atoms with E-state index >= 15 is 0 Å². The third kappa shape index (κ3) is 3.11. The van der Waals surface area contributed by atoms with Crippen molar-refractivity contribution in [2.45, 2.75) is 52.0 Å². The van der Waals surface area contributed by atoms with Crippen LogP contribution in [0.5, 0.6) is 0 Å². The van der Waals surface area contributed by atoms with Gasteiger partial charge in [0, 0.05) is 11.1 Å². The molecule has 18 heavy (non-hydrogen) atoms. The van der Waals surface area contributed by atoms with E-state index in [1.165, 1.54) is 35.6 Å². The average molecular weight is 267 g/mol. The van der Waals surface area contributed by atoms with E-state index in [1.54, 1.807) is 0 Å². The third-order valence-electron chi connectivity index (χ3n) is 4.24. The highest BCUT2D eigenvalue weighted by atomic mass is 32.1. The van der Waals surface area contributed by atoms with Crippen LogP contribution in [0.3, 0.4) is 0 Å². The molecule has 1 saturated carbocycles. The van der Waals surface area contributed by atoms with Crippen molar-refractivity contribution in [1.82, 2.24) is 10.3 Å². The first-order chi connectivity index (χ1) is 8.69. The molecule has 0 bridgehead atoms. The van der Waals surface area contributed by atoms with Crippen LogP contribution in [-0.4, -0.2) is 18.1 Å². The van der Waals surface area contributed by atoms with Crippen LogP contribution in [0.4, 0.5) is 0 Å². The van der Waals surface area contributed by atoms with Gasteiger partial charge in [-0.15, -0.1) is 11.3 Å². The van der Waals surface area contributed by atoms with Gasteiger partial charge >= 0.3 is 0 Å². The number of hydrogen-bond acceptors (Lipinski definition) is 4. The molecule has 0 aromatic carbocycles. The second-order valence-corrected chi connectivity index (χ2v) is 6.65. The Hall–Kier alpha value is -0.450. The van der Waals surface area contributed by atoms with Gasteiger partial charge in [0.1, 0.15) is 5.01 Å². The lowest BCUT2D eigenvalue weighted by atomic mass is 9.67. The molecular formula is C14H25N3S. The van der Waals surface area contributed by atoms with E-state index < -0.39 is 0 Å². The first-order valence-corrected chi connectivity index (χ1v) is 7.89. The summed E-state index contributed by atoms with van der Waals surface area (Å²) in [5.41, 5.74) is 6.33. The van der Waals surface area contributed by atoms with Crippen LogP contribution in [0.15, 0.2) is 6.20 Å². The van der Waals surface area contributed by atoms with Crippen LogP contribution in [0.1, 0.15) is 55.5 Å². The van der Waals surface area contributed by atoms with Crippen LogP contribution in [0.25, 0.3) is 0 Å². The Morgan fingerprint density at radius 3 is 2.83 bits per heavy atom.